The Labute approximate surface area is 213 Å². The molecule has 4 heterocycles. The fraction of sp³-hybridized carbons (Fsp3) is 0.280. The van der Waals surface area contributed by atoms with Crippen molar-refractivity contribution < 1.29 is 18.4 Å². The first-order valence-electron chi connectivity index (χ1n) is 11.8. The van der Waals surface area contributed by atoms with Crippen molar-refractivity contribution in [2.75, 3.05) is 39.3 Å². The van der Waals surface area contributed by atoms with E-state index in [0.717, 1.165) is 25.2 Å². The third-order valence-corrected chi connectivity index (χ3v) is 7.60. The predicted molar refractivity (Wildman–Crippen MR) is 133 cm³/mol. The van der Waals surface area contributed by atoms with Crippen LogP contribution in [0.4, 0.5) is 8.78 Å². The van der Waals surface area contributed by atoms with Gasteiger partial charge < -0.3 is 14.8 Å². The zero-order chi connectivity index (χ0) is 25.7. The Bertz CT molecular complexity index is 1550. The Kier molecular flexibility index (Phi) is 5.84. The number of halogens is 2. The van der Waals surface area contributed by atoms with Gasteiger partial charge in [0.1, 0.15) is 5.69 Å². The van der Waals surface area contributed by atoms with Gasteiger partial charge in [0.2, 0.25) is 0 Å². The van der Waals surface area contributed by atoms with E-state index >= 15 is 0 Å². The Morgan fingerprint density at radius 2 is 1.73 bits per heavy atom. The van der Waals surface area contributed by atoms with Crippen LogP contribution in [0.1, 0.15) is 20.8 Å². The number of nitrogens with zero attached hydrogens (tertiary/aromatic N) is 5. The van der Waals surface area contributed by atoms with Gasteiger partial charge in [-0.1, -0.05) is 0 Å². The lowest BCUT2D eigenvalue weighted by Gasteiger charge is -2.48. The molecular formula is C25H22F2N6O3S. The van der Waals surface area contributed by atoms with Crippen molar-refractivity contribution in [1.82, 2.24) is 29.2 Å². The third kappa shape index (κ3) is 4.21. The Morgan fingerprint density at radius 1 is 0.946 bits per heavy atom. The summed E-state index contributed by atoms with van der Waals surface area (Å²) >= 11 is 1.40. The van der Waals surface area contributed by atoms with Crippen LogP contribution in [0.2, 0.25) is 0 Å². The Morgan fingerprint density at radius 3 is 2.43 bits per heavy atom. The number of benzene rings is 2. The molecule has 2 aromatic carbocycles. The molecule has 0 saturated carbocycles. The van der Waals surface area contributed by atoms with Crippen molar-refractivity contribution in [3.05, 3.63) is 80.7 Å². The van der Waals surface area contributed by atoms with Crippen LogP contribution in [-0.2, 0) is 0 Å². The summed E-state index contributed by atoms with van der Waals surface area (Å²) in [4.78, 5) is 50.8. The summed E-state index contributed by atoms with van der Waals surface area (Å²) in [7, 11) is 0. The van der Waals surface area contributed by atoms with E-state index in [1.54, 1.807) is 34.0 Å². The third-order valence-electron chi connectivity index (χ3n) is 7.01. The number of likely N-dealkylation sites (tertiary alicyclic amines) is 1. The number of carbonyl (C=O) groups is 2. The molecule has 0 atom stereocenters. The van der Waals surface area contributed by atoms with E-state index in [4.69, 9.17) is 0 Å². The van der Waals surface area contributed by atoms with Crippen LogP contribution in [0.15, 0.2) is 52.1 Å². The monoisotopic (exact) mass is 524 g/mol. The molecule has 37 heavy (non-hydrogen) atoms. The van der Waals surface area contributed by atoms with E-state index in [1.807, 2.05) is 4.90 Å². The van der Waals surface area contributed by atoms with E-state index in [9.17, 15) is 23.2 Å². The van der Waals surface area contributed by atoms with Gasteiger partial charge in [0.05, 0.1) is 22.2 Å². The molecule has 0 aliphatic carbocycles. The summed E-state index contributed by atoms with van der Waals surface area (Å²) in [5.41, 5.74) is 3.13. The minimum Gasteiger partial charge on any atom is -0.335 e. The van der Waals surface area contributed by atoms with Gasteiger partial charge in [-0.2, -0.15) is 0 Å². The summed E-state index contributed by atoms with van der Waals surface area (Å²) in [5, 5.41) is 1.76. The molecule has 0 unspecified atom stereocenters. The Hall–Kier alpha value is -3.90. The van der Waals surface area contributed by atoms with Gasteiger partial charge in [0.25, 0.3) is 11.8 Å². The van der Waals surface area contributed by atoms with Crippen LogP contribution >= 0.6 is 11.3 Å². The van der Waals surface area contributed by atoms with E-state index < -0.39 is 17.3 Å². The number of hydrogen-bond donors (Lipinski definition) is 1. The number of nitrogens with one attached hydrogen (secondary N) is 1. The largest absolute Gasteiger partial charge is 0.335 e. The highest BCUT2D eigenvalue weighted by Gasteiger charge is 2.37. The lowest BCUT2D eigenvalue weighted by atomic mass is 10.0. The molecule has 2 aliphatic heterocycles. The quantitative estimate of drug-likeness (QED) is 0.442. The molecule has 2 aromatic heterocycles. The smallest absolute Gasteiger partial charge is 0.331 e. The van der Waals surface area contributed by atoms with Crippen molar-refractivity contribution in [3.63, 3.8) is 0 Å². The highest BCUT2D eigenvalue weighted by Crippen LogP contribution is 2.23. The van der Waals surface area contributed by atoms with Gasteiger partial charge in [-0.05, 0) is 30.3 Å². The molecule has 0 bridgehead atoms. The molecular weight excluding hydrogens is 502 g/mol. The molecule has 0 radical (unpaired) electrons. The van der Waals surface area contributed by atoms with Gasteiger partial charge in [-0.25, -0.2) is 18.6 Å². The molecule has 2 aliphatic rings. The number of piperazine rings is 1. The fourth-order valence-electron chi connectivity index (χ4n) is 4.93. The van der Waals surface area contributed by atoms with Crippen LogP contribution in [0.5, 0.6) is 0 Å². The molecule has 2 amide bonds. The van der Waals surface area contributed by atoms with E-state index in [2.05, 4.69) is 14.9 Å². The summed E-state index contributed by atoms with van der Waals surface area (Å²) in [6, 6.07) is 8.33. The molecule has 4 aromatic rings. The number of rotatable bonds is 4. The molecule has 190 valence electrons. The van der Waals surface area contributed by atoms with Gasteiger partial charge in [-0.3, -0.25) is 19.1 Å². The molecule has 0 spiro atoms. The molecule has 12 heteroatoms. The average Bonchev–Trinajstić information content (AvgIpc) is 3.52. The second-order valence-corrected chi connectivity index (χ2v) is 9.88. The first-order valence-corrected chi connectivity index (χ1v) is 12.7. The molecule has 6 rings (SSSR count). The van der Waals surface area contributed by atoms with Gasteiger partial charge >= 0.3 is 5.69 Å². The van der Waals surface area contributed by atoms with Crippen molar-refractivity contribution in [2.24, 2.45) is 0 Å². The zero-order valence-electron chi connectivity index (χ0n) is 19.6. The number of hydrogen-bond acceptors (Lipinski definition) is 6. The Balaban J connectivity index is 1.10. The molecule has 2 saturated heterocycles. The minimum absolute atomic E-state index is 0.0434. The molecule has 9 nitrogen and oxygen atoms in total. The first-order chi connectivity index (χ1) is 17.9. The van der Waals surface area contributed by atoms with Crippen LogP contribution in [0.25, 0.3) is 16.7 Å². The SMILES string of the molecule is O=C(c1ccc2c(c1)[nH]c(=O)n2-c1ccc(F)c(F)c1)N1CC(N2CCN(C(=O)c3cscn3)CC2)C1. The highest BCUT2D eigenvalue weighted by molar-refractivity contribution is 7.07. The summed E-state index contributed by atoms with van der Waals surface area (Å²) in [5.74, 6) is -2.23. The summed E-state index contributed by atoms with van der Waals surface area (Å²) in [6.07, 6.45) is 0. The summed E-state index contributed by atoms with van der Waals surface area (Å²) in [6.45, 7) is 3.91. The maximum atomic E-state index is 13.7. The first kappa shape index (κ1) is 23.5. The number of carbonyl (C=O) groups excluding carboxylic acids is 2. The maximum Gasteiger partial charge on any atom is 0.331 e. The van der Waals surface area contributed by atoms with Gasteiger partial charge in [0, 0.05) is 62.3 Å². The van der Waals surface area contributed by atoms with Gasteiger partial charge in [-0.15, -0.1) is 11.3 Å². The average molecular weight is 525 g/mol. The van der Waals surface area contributed by atoms with E-state index in [0.29, 0.717) is 48.5 Å². The van der Waals surface area contributed by atoms with Crippen molar-refractivity contribution >= 4 is 34.2 Å². The number of imidazole rings is 1. The number of fused-ring (bicyclic) bond motifs is 1. The second kappa shape index (κ2) is 9.20. The number of amides is 2. The molecule has 2 fully saturated rings. The number of aromatic nitrogens is 3. The lowest BCUT2D eigenvalue weighted by molar-refractivity contribution is 0.00844. The zero-order valence-corrected chi connectivity index (χ0v) is 20.4. The van der Waals surface area contributed by atoms with E-state index in [1.165, 1.54) is 22.0 Å². The molecule has 1 N–H and O–H groups in total. The fourth-order valence-corrected chi connectivity index (χ4v) is 5.46. The van der Waals surface area contributed by atoms with Crippen LogP contribution < -0.4 is 5.69 Å². The van der Waals surface area contributed by atoms with Crippen LogP contribution in [0, 0.1) is 11.6 Å². The highest BCUT2D eigenvalue weighted by atomic mass is 32.1. The summed E-state index contributed by atoms with van der Waals surface area (Å²) < 4.78 is 28.3. The second-order valence-electron chi connectivity index (χ2n) is 9.16. The minimum atomic E-state index is -1.05. The number of thiazole rings is 1. The number of aromatic amines is 1. The van der Waals surface area contributed by atoms with E-state index in [-0.39, 0.29) is 23.5 Å². The predicted octanol–water partition coefficient (Wildman–Crippen LogP) is 2.34. The van der Waals surface area contributed by atoms with Crippen molar-refractivity contribution in [2.45, 2.75) is 6.04 Å². The normalized spacial score (nSPS) is 16.8. The van der Waals surface area contributed by atoms with Crippen molar-refractivity contribution in [1.29, 1.82) is 0 Å². The van der Waals surface area contributed by atoms with Crippen LogP contribution in [-0.4, -0.2) is 86.4 Å². The van der Waals surface area contributed by atoms with Crippen molar-refractivity contribution in [3.8, 4) is 5.69 Å². The standard InChI is InChI=1S/C25H22F2N6O3S/c26-18-3-2-16(10-19(18)27)33-22-4-1-15(9-20(22)29-25(33)36)23(34)32-11-17(12-32)30-5-7-31(8-6-30)24(35)21-13-37-14-28-21/h1-4,9-10,13-14,17H,5-8,11-12H2,(H,29,36). The maximum absolute atomic E-state index is 13.7. The lowest BCUT2D eigenvalue weighted by Crippen LogP contribution is -2.64. The van der Waals surface area contributed by atoms with Gasteiger partial charge in [0.15, 0.2) is 11.6 Å². The topological polar surface area (TPSA) is 94.5 Å². The number of H-pyrrole nitrogens is 1. The van der Waals surface area contributed by atoms with Crippen LogP contribution in [0.3, 0.4) is 0 Å².